The molecule has 2 aromatic rings. The van der Waals surface area contributed by atoms with E-state index in [0.717, 1.165) is 0 Å². The largest absolute Gasteiger partial charge is 0.335 e. The molecule has 0 aliphatic rings. The number of aromatic nitrogens is 2. The Hall–Kier alpha value is -1.93. The van der Waals surface area contributed by atoms with Gasteiger partial charge in [0.05, 0.1) is 4.92 Å². The van der Waals surface area contributed by atoms with Crippen LogP contribution in [0.1, 0.15) is 11.3 Å². The summed E-state index contributed by atoms with van der Waals surface area (Å²) < 4.78 is 12.8. The monoisotopic (exact) mass is 342 g/mol. The summed E-state index contributed by atoms with van der Waals surface area (Å²) in [6, 6.07) is 5.10. The van der Waals surface area contributed by atoms with Gasteiger partial charge in [-0.1, -0.05) is 11.6 Å². The maximum atomic E-state index is 11.4. The van der Waals surface area contributed by atoms with E-state index in [4.69, 9.17) is 11.6 Å². The van der Waals surface area contributed by atoms with Crippen LogP contribution in [0.2, 0.25) is 5.02 Å². The Morgan fingerprint density at radius 3 is 2.77 bits per heavy atom. The van der Waals surface area contributed by atoms with E-state index < -0.39 is 15.7 Å². The fourth-order valence-corrected chi connectivity index (χ4v) is 3.06. The van der Waals surface area contributed by atoms with Gasteiger partial charge in [0.25, 0.3) is 0 Å². The number of aryl methyl sites for hydroxylation is 2. The molecule has 0 saturated heterocycles. The van der Waals surface area contributed by atoms with Gasteiger partial charge in [0.1, 0.15) is 5.69 Å². The zero-order valence-corrected chi connectivity index (χ0v) is 13.9. The molecule has 0 radical (unpaired) electrons. The number of nitrogens with one attached hydrogen (secondary N) is 1. The van der Waals surface area contributed by atoms with E-state index in [1.54, 1.807) is 38.4 Å². The molecule has 1 aromatic carbocycles. The average molecular weight is 343 g/mol. The standard InChI is InChI=1S/C13H15ClN4O3S/c1-8-12(18(19)20)13(17(2)16-8)15-10-4-5-11(14)9(6-10)7-22(3)21/h4-6,15H,7H2,1-3H3. The second kappa shape index (κ2) is 6.45. The van der Waals surface area contributed by atoms with E-state index in [1.807, 2.05) is 0 Å². The molecular weight excluding hydrogens is 328 g/mol. The van der Waals surface area contributed by atoms with E-state index in [2.05, 4.69) is 10.4 Å². The van der Waals surface area contributed by atoms with Crippen LogP contribution in [0.25, 0.3) is 0 Å². The number of benzene rings is 1. The van der Waals surface area contributed by atoms with Gasteiger partial charge in [-0.15, -0.1) is 0 Å². The highest BCUT2D eigenvalue weighted by molar-refractivity contribution is 7.83. The lowest BCUT2D eigenvalue weighted by Crippen LogP contribution is -2.02. The normalized spacial score (nSPS) is 12.2. The second-order valence-electron chi connectivity index (χ2n) is 4.81. The van der Waals surface area contributed by atoms with Crippen molar-refractivity contribution < 1.29 is 9.13 Å². The van der Waals surface area contributed by atoms with Gasteiger partial charge < -0.3 is 5.32 Å². The van der Waals surface area contributed by atoms with Gasteiger partial charge in [-0.05, 0) is 30.7 Å². The molecule has 1 unspecified atom stereocenters. The highest BCUT2D eigenvalue weighted by atomic mass is 35.5. The number of nitro groups is 1. The van der Waals surface area contributed by atoms with Crippen molar-refractivity contribution in [3.8, 4) is 0 Å². The Kier molecular flexibility index (Phi) is 4.82. The molecule has 118 valence electrons. The molecule has 1 atom stereocenters. The lowest BCUT2D eigenvalue weighted by atomic mass is 10.2. The highest BCUT2D eigenvalue weighted by Crippen LogP contribution is 2.31. The van der Waals surface area contributed by atoms with Crippen LogP contribution in [-0.4, -0.2) is 25.2 Å². The molecule has 1 heterocycles. The Bertz CT molecular complexity index is 760. The van der Waals surface area contributed by atoms with Crippen molar-refractivity contribution in [2.45, 2.75) is 12.7 Å². The number of hydrogen-bond donors (Lipinski definition) is 1. The topological polar surface area (TPSA) is 90.1 Å². The van der Waals surface area contributed by atoms with Crippen LogP contribution >= 0.6 is 11.6 Å². The summed E-state index contributed by atoms with van der Waals surface area (Å²) in [5.74, 6) is 0.606. The van der Waals surface area contributed by atoms with Crippen molar-refractivity contribution in [3.05, 3.63) is 44.6 Å². The Balaban J connectivity index is 2.40. The highest BCUT2D eigenvalue weighted by Gasteiger charge is 2.24. The molecule has 0 bridgehead atoms. The molecule has 2 rings (SSSR count). The maximum absolute atomic E-state index is 11.4. The summed E-state index contributed by atoms with van der Waals surface area (Å²) >= 11 is 6.07. The fraction of sp³-hybridized carbons (Fsp3) is 0.308. The minimum atomic E-state index is -1.03. The molecule has 0 spiro atoms. The SMILES string of the molecule is Cc1nn(C)c(Nc2ccc(Cl)c(CS(C)=O)c2)c1[N+](=O)[O-]. The second-order valence-corrected chi connectivity index (χ2v) is 6.65. The third-order valence-electron chi connectivity index (χ3n) is 3.04. The number of hydrogen-bond acceptors (Lipinski definition) is 5. The Morgan fingerprint density at radius 2 is 2.18 bits per heavy atom. The van der Waals surface area contributed by atoms with Crippen LogP contribution in [-0.2, 0) is 23.6 Å². The first-order valence-electron chi connectivity index (χ1n) is 6.33. The number of nitrogens with zero attached hydrogens (tertiary/aromatic N) is 3. The maximum Gasteiger partial charge on any atom is 0.334 e. The number of anilines is 2. The first kappa shape index (κ1) is 16.4. The van der Waals surface area contributed by atoms with Gasteiger partial charge >= 0.3 is 5.69 Å². The van der Waals surface area contributed by atoms with Crippen LogP contribution in [0.5, 0.6) is 0 Å². The van der Waals surface area contributed by atoms with E-state index in [9.17, 15) is 14.3 Å². The zero-order valence-electron chi connectivity index (χ0n) is 12.3. The Labute approximate surface area is 134 Å². The summed E-state index contributed by atoms with van der Waals surface area (Å²) in [7, 11) is 0.594. The average Bonchev–Trinajstić information content (AvgIpc) is 2.67. The van der Waals surface area contributed by atoms with Crippen molar-refractivity contribution in [1.82, 2.24) is 9.78 Å². The van der Waals surface area contributed by atoms with Crippen LogP contribution in [0.3, 0.4) is 0 Å². The van der Waals surface area contributed by atoms with E-state index >= 15 is 0 Å². The smallest absolute Gasteiger partial charge is 0.334 e. The van der Waals surface area contributed by atoms with Gasteiger partial charge in [0, 0.05) is 40.6 Å². The van der Waals surface area contributed by atoms with Gasteiger partial charge in [0.2, 0.25) is 5.82 Å². The molecule has 9 heteroatoms. The summed E-state index contributed by atoms with van der Waals surface area (Å²) in [5, 5.41) is 18.7. The molecule has 0 fully saturated rings. The first-order valence-corrected chi connectivity index (χ1v) is 8.43. The predicted molar refractivity (Wildman–Crippen MR) is 87.1 cm³/mol. The first-order chi connectivity index (χ1) is 10.3. The molecule has 0 saturated carbocycles. The van der Waals surface area contributed by atoms with Crippen LogP contribution in [0, 0.1) is 17.0 Å². The van der Waals surface area contributed by atoms with Crippen molar-refractivity contribution >= 4 is 39.6 Å². The molecule has 0 aliphatic heterocycles. The molecule has 0 amide bonds. The summed E-state index contributed by atoms with van der Waals surface area (Å²) in [6.45, 7) is 1.58. The quantitative estimate of drug-likeness (QED) is 0.666. The van der Waals surface area contributed by atoms with Gasteiger partial charge in [-0.2, -0.15) is 5.10 Å². The van der Waals surface area contributed by atoms with Crippen molar-refractivity contribution in [3.63, 3.8) is 0 Å². The third kappa shape index (κ3) is 3.45. The van der Waals surface area contributed by atoms with Crippen LogP contribution < -0.4 is 5.32 Å². The molecule has 0 aliphatic carbocycles. The van der Waals surface area contributed by atoms with E-state index in [1.165, 1.54) is 4.68 Å². The Morgan fingerprint density at radius 1 is 1.50 bits per heavy atom. The van der Waals surface area contributed by atoms with E-state index in [-0.39, 0.29) is 11.5 Å². The van der Waals surface area contributed by atoms with Crippen LogP contribution in [0.4, 0.5) is 17.2 Å². The zero-order chi connectivity index (χ0) is 16.4. The van der Waals surface area contributed by atoms with Crippen molar-refractivity contribution in [2.75, 3.05) is 11.6 Å². The minimum Gasteiger partial charge on any atom is -0.335 e. The molecule has 1 aromatic heterocycles. The minimum absolute atomic E-state index is 0.0712. The summed E-state index contributed by atoms with van der Waals surface area (Å²) in [5.41, 5.74) is 1.60. The summed E-state index contributed by atoms with van der Waals surface area (Å²) in [6.07, 6.45) is 1.59. The molecule has 22 heavy (non-hydrogen) atoms. The van der Waals surface area contributed by atoms with Crippen molar-refractivity contribution in [2.24, 2.45) is 7.05 Å². The van der Waals surface area contributed by atoms with E-state index in [0.29, 0.717) is 27.7 Å². The number of rotatable bonds is 5. The molecule has 1 N–H and O–H groups in total. The third-order valence-corrected chi connectivity index (χ3v) is 4.13. The van der Waals surface area contributed by atoms with Crippen LogP contribution in [0.15, 0.2) is 18.2 Å². The van der Waals surface area contributed by atoms with Gasteiger partial charge in [-0.3, -0.25) is 14.3 Å². The number of halogens is 1. The fourth-order valence-electron chi connectivity index (χ4n) is 2.12. The summed E-state index contributed by atoms with van der Waals surface area (Å²) in [4.78, 5) is 10.7. The molecular formula is C13H15ClN4O3S. The lowest BCUT2D eigenvalue weighted by molar-refractivity contribution is -0.384. The lowest BCUT2D eigenvalue weighted by Gasteiger charge is -2.09. The van der Waals surface area contributed by atoms with Crippen molar-refractivity contribution in [1.29, 1.82) is 0 Å². The molecule has 7 nitrogen and oxygen atoms in total. The predicted octanol–water partition coefficient (Wildman–Crippen LogP) is 2.91. The van der Waals surface area contributed by atoms with Gasteiger partial charge in [-0.25, -0.2) is 4.68 Å². The van der Waals surface area contributed by atoms with Gasteiger partial charge in [0.15, 0.2) is 0 Å².